The van der Waals surface area contributed by atoms with Crippen LogP contribution in [-0.2, 0) is 6.54 Å². The minimum atomic E-state index is 0.0419. The third kappa shape index (κ3) is 3.96. The summed E-state index contributed by atoms with van der Waals surface area (Å²) < 4.78 is 1.92. The number of nitrogens with zero attached hydrogens (tertiary/aromatic N) is 2. The monoisotopic (exact) mass is 430 g/mol. The molecule has 2 atom stereocenters. The molecule has 1 fully saturated rings. The van der Waals surface area contributed by atoms with E-state index in [1.807, 2.05) is 82.3 Å². The number of hydrogen-bond acceptors (Lipinski definition) is 2. The molecule has 3 heterocycles. The highest BCUT2D eigenvalue weighted by Gasteiger charge is 2.36. The average molecular weight is 431 g/mol. The van der Waals surface area contributed by atoms with Crippen LogP contribution < -0.4 is 5.56 Å². The van der Waals surface area contributed by atoms with E-state index < -0.39 is 0 Å². The van der Waals surface area contributed by atoms with Gasteiger partial charge in [0.2, 0.25) is 0 Å². The summed E-state index contributed by atoms with van der Waals surface area (Å²) in [6, 6.07) is 20.9. The zero-order valence-electron chi connectivity index (χ0n) is 17.1. The van der Waals surface area contributed by atoms with Crippen LogP contribution >= 0.6 is 11.6 Å². The first-order valence-electron chi connectivity index (χ1n) is 10.6. The Morgan fingerprint density at radius 2 is 1.68 bits per heavy atom. The maximum atomic E-state index is 13.2. The van der Waals surface area contributed by atoms with Gasteiger partial charge in [-0.3, -0.25) is 9.59 Å². The van der Waals surface area contributed by atoms with Gasteiger partial charge in [0, 0.05) is 47.4 Å². The number of benzene rings is 2. The molecule has 156 valence electrons. The molecule has 2 bridgehead atoms. The van der Waals surface area contributed by atoms with Crippen molar-refractivity contribution in [1.82, 2.24) is 9.47 Å². The lowest BCUT2D eigenvalue weighted by Crippen LogP contribution is -2.49. The number of aromatic nitrogens is 1. The number of fused-ring (bicyclic) bond motifs is 4. The number of hydrogen-bond donors (Lipinski definition) is 0. The van der Waals surface area contributed by atoms with E-state index in [1.165, 1.54) is 0 Å². The van der Waals surface area contributed by atoms with Gasteiger partial charge in [-0.15, -0.1) is 0 Å². The summed E-state index contributed by atoms with van der Waals surface area (Å²) >= 11 is 5.94. The van der Waals surface area contributed by atoms with Crippen LogP contribution in [0.1, 0.15) is 39.5 Å². The number of likely N-dealkylation sites (tertiary alicyclic amines) is 1. The number of pyridine rings is 1. The fourth-order valence-corrected chi connectivity index (χ4v) is 4.90. The molecule has 0 N–H and O–H groups in total. The summed E-state index contributed by atoms with van der Waals surface area (Å²) in [5.41, 5.74) is 3.48. The van der Waals surface area contributed by atoms with Gasteiger partial charge in [-0.1, -0.05) is 48.0 Å². The average Bonchev–Trinajstić information content (AvgIpc) is 2.80. The molecule has 0 aliphatic carbocycles. The number of piperidine rings is 1. The van der Waals surface area contributed by atoms with E-state index in [9.17, 15) is 9.59 Å². The van der Waals surface area contributed by atoms with Crippen molar-refractivity contribution in [2.75, 3.05) is 13.1 Å². The summed E-state index contributed by atoms with van der Waals surface area (Å²) in [6.45, 7) is 2.01. The third-order valence-electron chi connectivity index (χ3n) is 6.27. The zero-order valence-corrected chi connectivity index (χ0v) is 17.8. The largest absolute Gasteiger partial charge is 0.338 e. The normalized spacial score (nSPS) is 20.0. The van der Waals surface area contributed by atoms with Crippen molar-refractivity contribution in [3.8, 4) is 0 Å². The van der Waals surface area contributed by atoms with Gasteiger partial charge in [-0.25, -0.2) is 0 Å². The fourth-order valence-electron chi connectivity index (χ4n) is 4.78. The molecule has 4 nitrogen and oxygen atoms in total. The summed E-state index contributed by atoms with van der Waals surface area (Å²) in [5, 5.41) is 0.692. The Morgan fingerprint density at radius 1 is 0.903 bits per heavy atom. The number of halogens is 1. The van der Waals surface area contributed by atoms with Crippen molar-refractivity contribution < 1.29 is 4.79 Å². The van der Waals surface area contributed by atoms with Gasteiger partial charge in [-0.2, -0.15) is 0 Å². The van der Waals surface area contributed by atoms with Crippen molar-refractivity contribution in [2.24, 2.45) is 5.92 Å². The van der Waals surface area contributed by atoms with Gasteiger partial charge >= 0.3 is 0 Å². The Hall–Kier alpha value is -3.11. The Labute approximate surface area is 186 Å². The summed E-state index contributed by atoms with van der Waals surface area (Å²) in [7, 11) is 0. The van der Waals surface area contributed by atoms with Gasteiger partial charge in [0.15, 0.2) is 0 Å². The van der Waals surface area contributed by atoms with Crippen LogP contribution in [0.5, 0.6) is 0 Å². The quantitative estimate of drug-likeness (QED) is 0.591. The summed E-state index contributed by atoms with van der Waals surface area (Å²) in [5.74, 6) is 0.572. The number of carbonyl (C=O) groups is 1. The van der Waals surface area contributed by atoms with Crippen LogP contribution in [0.15, 0.2) is 71.5 Å². The zero-order chi connectivity index (χ0) is 21.4. The third-order valence-corrected chi connectivity index (χ3v) is 6.52. The van der Waals surface area contributed by atoms with E-state index in [2.05, 4.69) is 6.07 Å². The first-order valence-corrected chi connectivity index (χ1v) is 11.0. The van der Waals surface area contributed by atoms with Crippen LogP contribution in [0.3, 0.4) is 0 Å². The standard InChI is InChI=1S/C26H23ClN2O2/c27-23-11-7-18(8-12-23)6-9-21-10-13-24-22-14-19(16-29(24)26(21)31)15-28(17-22)25(30)20-4-2-1-3-5-20/h1-13,19,22H,14-17H2/b9-6+/t19-,22+/m0/s1. The molecule has 0 saturated carbocycles. The lowest BCUT2D eigenvalue weighted by molar-refractivity contribution is 0.0594. The molecular formula is C26H23ClN2O2. The van der Waals surface area contributed by atoms with Gasteiger partial charge in [0.1, 0.15) is 0 Å². The molecule has 0 unspecified atom stereocenters. The molecule has 2 aromatic carbocycles. The first kappa shape index (κ1) is 19.8. The lowest BCUT2D eigenvalue weighted by Gasteiger charge is -2.43. The molecule has 2 aliphatic heterocycles. The van der Waals surface area contributed by atoms with Gasteiger partial charge in [-0.05, 0) is 60.4 Å². The maximum Gasteiger partial charge on any atom is 0.258 e. The Kier molecular flexibility index (Phi) is 5.24. The predicted octanol–water partition coefficient (Wildman–Crippen LogP) is 4.93. The molecule has 5 heteroatoms. The van der Waals surface area contributed by atoms with E-state index in [0.717, 1.165) is 23.2 Å². The van der Waals surface area contributed by atoms with Crippen molar-refractivity contribution in [1.29, 1.82) is 0 Å². The van der Waals surface area contributed by atoms with Gasteiger partial charge in [0.25, 0.3) is 11.5 Å². The van der Waals surface area contributed by atoms with Gasteiger partial charge < -0.3 is 9.47 Å². The van der Waals surface area contributed by atoms with E-state index in [0.29, 0.717) is 36.1 Å². The number of carbonyl (C=O) groups excluding carboxylic acids is 1. The van der Waals surface area contributed by atoms with Gasteiger partial charge in [0.05, 0.1) is 0 Å². The van der Waals surface area contributed by atoms with E-state index in [4.69, 9.17) is 11.6 Å². The molecule has 5 rings (SSSR count). The smallest absolute Gasteiger partial charge is 0.258 e. The molecule has 3 aromatic rings. The molecule has 0 spiro atoms. The van der Waals surface area contributed by atoms with Crippen molar-refractivity contribution >= 4 is 29.7 Å². The van der Waals surface area contributed by atoms with Crippen LogP contribution in [0.25, 0.3) is 12.2 Å². The number of rotatable bonds is 3. The second-order valence-corrected chi connectivity index (χ2v) is 8.83. The summed E-state index contributed by atoms with van der Waals surface area (Å²) in [4.78, 5) is 28.1. The molecule has 31 heavy (non-hydrogen) atoms. The second-order valence-electron chi connectivity index (χ2n) is 8.39. The molecular weight excluding hydrogens is 408 g/mol. The maximum absolute atomic E-state index is 13.2. The molecule has 1 aromatic heterocycles. The van der Waals surface area contributed by atoms with Crippen molar-refractivity contribution in [3.63, 3.8) is 0 Å². The highest BCUT2D eigenvalue weighted by atomic mass is 35.5. The Balaban J connectivity index is 1.39. The molecule has 2 aliphatic rings. The highest BCUT2D eigenvalue weighted by molar-refractivity contribution is 6.30. The fraction of sp³-hybridized carbons (Fsp3) is 0.231. The molecule has 1 amide bonds. The predicted molar refractivity (Wildman–Crippen MR) is 124 cm³/mol. The van der Waals surface area contributed by atoms with E-state index >= 15 is 0 Å². The van der Waals surface area contributed by atoms with Crippen LogP contribution in [0, 0.1) is 5.92 Å². The minimum absolute atomic E-state index is 0.0419. The van der Waals surface area contributed by atoms with E-state index in [1.54, 1.807) is 0 Å². The van der Waals surface area contributed by atoms with Crippen LogP contribution in [0.2, 0.25) is 5.02 Å². The Morgan fingerprint density at radius 3 is 2.45 bits per heavy atom. The SMILES string of the molecule is O=C(c1ccccc1)N1C[C@@H]2C[C@H](C1)c1ccc(/C=C/c3ccc(Cl)cc3)c(=O)n1C2. The Bertz CT molecular complexity index is 1200. The number of amides is 1. The molecule has 0 radical (unpaired) electrons. The topological polar surface area (TPSA) is 42.3 Å². The van der Waals surface area contributed by atoms with Crippen LogP contribution in [0.4, 0.5) is 0 Å². The second kappa shape index (κ2) is 8.20. The molecule has 1 saturated heterocycles. The van der Waals surface area contributed by atoms with E-state index in [-0.39, 0.29) is 17.4 Å². The van der Waals surface area contributed by atoms with Crippen LogP contribution in [-0.4, -0.2) is 28.5 Å². The lowest BCUT2D eigenvalue weighted by atomic mass is 9.82. The minimum Gasteiger partial charge on any atom is -0.338 e. The van der Waals surface area contributed by atoms with Crippen molar-refractivity contribution in [3.05, 3.63) is 104 Å². The highest BCUT2D eigenvalue weighted by Crippen LogP contribution is 2.35. The summed E-state index contributed by atoms with van der Waals surface area (Å²) in [6.07, 6.45) is 4.83. The first-order chi connectivity index (χ1) is 15.1. The van der Waals surface area contributed by atoms with Crippen molar-refractivity contribution in [2.45, 2.75) is 18.9 Å².